The molecule has 2 rings (SSSR count). The Morgan fingerprint density at radius 1 is 1.31 bits per heavy atom. The van der Waals surface area contributed by atoms with Crippen LogP contribution in [0.1, 0.15) is 30.6 Å². The minimum absolute atomic E-state index is 0.382. The summed E-state index contributed by atoms with van der Waals surface area (Å²) in [5.74, 6) is 0.382. The van der Waals surface area contributed by atoms with Gasteiger partial charge in [-0.25, -0.2) is 0 Å². The Hall–Kier alpha value is -0.670. The number of rotatable bonds is 5. The monoisotopic (exact) mass is 237 g/mol. The molecule has 1 aromatic rings. The van der Waals surface area contributed by atoms with Crippen LogP contribution in [0.3, 0.4) is 0 Å². The van der Waals surface area contributed by atoms with E-state index < -0.39 is 0 Å². The average Bonchev–Trinajstić information content (AvgIpc) is 2.81. The van der Waals surface area contributed by atoms with Gasteiger partial charge in [0, 0.05) is 24.3 Å². The molecule has 0 saturated carbocycles. The molecule has 1 aliphatic rings. The first-order valence-corrected chi connectivity index (χ1v) is 6.99. The maximum absolute atomic E-state index is 11.7. The smallest absolute Gasteiger partial charge is 0.139 e. The van der Waals surface area contributed by atoms with E-state index in [1.165, 1.54) is 37.2 Å². The Kier molecular flexibility index (Phi) is 4.55. The van der Waals surface area contributed by atoms with Gasteiger partial charge in [0.15, 0.2) is 0 Å². The van der Waals surface area contributed by atoms with Gasteiger partial charge in [-0.3, -0.25) is 4.79 Å². The topological polar surface area (TPSA) is 20.3 Å². The van der Waals surface area contributed by atoms with Crippen molar-refractivity contribution < 1.29 is 4.79 Å². The van der Waals surface area contributed by atoms with Gasteiger partial charge in [0.1, 0.15) is 5.78 Å². The fourth-order valence-electron chi connectivity index (χ4n) is 2.16. The molecule has 0 unspecified atom stereocenters. The van der Waals surface area contributed by atoms with Gasteiger partial charge < -0.3 is 4.90 Å². The van der Waals surface area contributed by atoms with Crippen molar-refractivity contribution in [1.82, 2.24) is 4.90 Å². The van der Waals surface area contributed by atoms with Crippen molar-refractivity contribution in [2.45, 2.75) is 32.1 Å². The summed E-state index contributed by atoms with van der Waals surface area (Å²) in [4.78, 5) is 15.4. The molecular formula is C13H19NOS. The van der Waals surface area contributed by atoms with E-state index in [4.69, 9.17) is 0 Å². The largest absolute Gasteiger partial charge is 0.303 e. The summed E-state index contributed by atoms with van der Waals surface area (Å²) in [6, 6.07) is 4.06. The molecule has 2 nitrogen and oxygen atoms in total. The van der Waals surface area contributed by atoms with Crippen LogP contribution in [0.5, 0.6) is 0 Å². The maximum atomic E-state index is 11.7. The van der Waals surface area contributed by atoms with Crippen LogP contribution in [0.15, 0.2) is 17.5 Å². The van der Waals surface area contributed by atoms with E-state index in [2.05, 4.69) is 4.90 Å². The highest BCUT2D eigenvalue weighted by atomic mass is 32.1. The van der Waals surface area contributed by atoms with Gasteiger partial charge in [0.25, 0.3) is 0 Å². The molecule has 0 N–H and O–H groups in total. The fourth-order valence-corrected chi connectivity index (χ4v) is 2.90. The fraction of sp³-hybridized carbons (Fsp3) is 0.615. The molecule has 0 aliphatic carbocycles. The summed E-state index contributed by atoms with van der Waals surface area (Å²) >= 11 is 1.68. The molecule has 1 saturated heterocycles. The number of hydrogen-bond acceptors (Lipinski definition) is 3. The van der Waals surface area contributed by atoms with E-state index in [9.17, 15) is 4.79 Å². The molecule has 0 bridgehead atoms. The minimum atomic E-state index is 0.382. The van der Waals surface area contributed by atoms with Crippen LogP contribution in [-0.2, 0) is 11.2 Å². The Balaban J connectivity index is 1.67. The van der Waals surface area contributed by atoms with Crippen molar-refractivity contribution in [2.24, 2.45) is 0 Å². The molecule has 0 atom stereocenters. The van der Waals surface area contributed by atoms with Crippen molar-refractivity contribution in [3.63, 3.8) is 0 Å². The number of carbonyl (C=O) groups is 1. The second-order valence-electron chi connectivity index (χ2n) is 4.45. The average molecular weight is 237 g/mol. The molecule has 88 valence electrons. The van der Waals surface area contributed by atoms with Gasteiger partial charge in [-0.2, -0.15) is 0 Å². The minimum Gasteiger partial charge on any atom is -0.303 e. The maximum Gasteiger partial charge on any atom is 0.139 e. The number of carbonyl (C=O) groups excluding carboxylic acids is 1. The van der Waals surface area contributed by atoms with Crippen molar-refractivity contribution in [3.8, 4) is 0 Å². The van der Waals surface area contributed by atoms with E-state index in [0.29, 0.717) is 12.2 Å². The first-order valence-electron chi connectivity index (χ1n) is 6.11. The number of likely N-dealkylation sites (tertiary alicyclic amines) is 1. The predicted molar refractivity (Wildman–Crippen MR) is 67.9 cm³/mol. The second kappa shape index (κ2) is 6.16. The molecule has 0 amide bonds. The Morgan fingerprint density at radius 3 is 2.81 bits per heavy atom. The van der Waals surface area contributed by atoms with Crippen molar-refractivity contribution in [2.75, 3.05) is 19.6 Å². The summed E-state index contributed by atoms with van der Waals surface area (Å²) in [5, 5.41) is 2.03. The zero-order valence-corrected chi connectivity index (χ0v) is 10.5. The summed E-state index contributed by atoms with van der Waals surface area (Å²) in [7, 11) is 0. The molecule has 16 heavy (non-hydrogen) atoms. The molecule has 2 heterocycles. The highest BCUT2D eigenvalue weighted by Crippen LogP contribution is 2.12. The molecule has 1 aliphatic heterocycles. The standard InChI is InChI=1S/C13H19NOS/c15-12(11-13-5-4-10-16-13)6-9-14-7-2-1-3-8-14/h4-5,10H,1-3,6-9,11H2. The lowest BCUT2D eigenvalue weighted by Crippen LogP contribution is -2.31. The lowest BCUT2D eigenvalue weighted by Gasteiger charge is -2.25. The molecule has 1 fully saturated rings. The number of Topliss-reactive ketones (excluding diaryl/α,β-unsaturated/α-hetero) is 1. The molecular weight excluding hydrogens is 218 g/mol. The lowest BCUT2D eigenvalue weighted by molar-refractivity contribution is -0.118. The number of ketones is 1. The Labute approximate surface area is 101 Å². The highest BCUT2D eigenvalue weighted by molar-refractivity contribution is 7.10. The number of nitrogens with zero attached hydrogens (tertiary/aromatic N) is 1. The van der Waals surface area contributed by atoms with E-state index in [0.717, 1.165) is 13.0 Å². The van der Waals surface area contributed by atoms with Gasteiger partial charge in [0.2, 0.25) is 0 Å². The van der Waals surface area contributed by atoms with E-state index in [-0.39, 0.29) is 0 Å². The molecule has 0 radical (unpaired) electrons. The van der Waals surface area contributed by atoms with Gasteiger partial charge >= 0.3 is 0 Å². The highest BCUT2D eigenvalue weighted by Gasteiger charge is 2.12. The van der Waals surface area contributed by atoms with Crippen LogP contribution in [-0.4, -0.2) is 30.3 Å². The summed E-state index contributed by atoms with van der Waals surface area (Å²) in [5.41, 5.74) is 0. The van der Waals surface area contributed by atoms with Crippen molar-refractivity contribution in [3.05, 3.63) is 22.4 Å². The van der Waals surface area contributed by atoms with Gasteiger partial charge in [0.05, 0.1) is 0 Å². The van der Waals surface area contributed by atoms with E-state index in [1.807, 2.05) is 17.5 Å². The van der Waals surface area contributed by atoms with Gasteiger partial charge in [-0.05, 0) is 37.4 Å². The third-order valence-corrected chi connectivity index (χ3v) is 3.98. The number of piperidine rings is 1. The zero-order valence-electron chi connectivity index (χ0n) is 9.65. The van der Waals surface area contributed by atoms with Crippen LogP contribution in [0, 0.1) is 0 Å². The first-order chi connectivity index (χ1) is 7.84. The third-order valence-electron chi connectivity index (χ3n) is 3.11. The third kappa shape index (κ3) is 3.72. The quantitative estimate of drug-likeness (QED) is 0.785. The van der Waals surface area contributed by atoms with Crippen LogP contribution < -0.4 is 0 Å². The summed E-state index contributed by atoms with van der Waals surface area (Å²) < 4.78 is 0. The lowest BCUT2D eigenvalue weighted by atomic mass is 10.1. The Bertz CT molecular complexity index is 315. The van der Waals surface area contributed by atoms with Crippen LogP contribution >= 0.6 is 11.3 Å². The van der Waals surface area contributed by atoms with E-state index in [1.54, 1.807) is 11.3 Å². The Morgan fingerprint density at radius 2 is 2.12 bits per heavy atom. The molecule has 3 heteroatoms. The van der Waals surface area contributed by atoms with Gasteiger partial charge in [-0.15, -0.1) is 11.3 Å². The molecule has 0 spiro atoms. The van der Waals surface area contributed by atoms with Crippen molar-refractivity contribution in [1.29, 1.82) is 0 Å². The summed E-state index contributed by atoms with van der Waals surface area (Å²) in [6.45, 7) is 3.34. The molecule has 1 aromatic heterocycles. The molecule has 0 aromatic carbocycles. The van der Waals surface area contributed by atoms with Crippen LogP contribution in [0.25, 0.3) is 0 Å². The van der Waals surface area contributed by atoms with Gasteiger partial charge in [-0.1, -0.05) is 12.5 Å². The first kappa shape index (κ1) is 11.8. The van der Waals surface area contributed by atoms with Crippen LogP contribution in [0.4, 0.5) is 0 Å². The van der Waals surface area contributed by atoms with Crippen LogP contribution in [0.2, 0.25) is 0 Å². The second-order valence-corrected chi connectivity index (χ2v) is 5.48. The normalized spacial score (nSPS) is 17.5. The number of hydrogen-bond donors (Lipinski definition) is 0. The zero-order chi connectivity index (χ0) is 11.2. The predicted octanol–water partition coefficient (Wildman–Crippen LogP) is 2.74. The number of thiophene rings is 1. The van der Waals surface area contributed by atoms with Crippen molar-refractivity contribution >= 4 is 17.1 Å². The van der Waals surface area contributed by atoms with E-state index >= 15 is 0 Å². The SMILES string of the molecule is O=C(CCN1CCCCC1)Cc1cccs1. The summed E-state index contributed by atoms with van der Waals surface area (Å²) in [6.07, 6.45) is 5.32.